The van der Waals surface area contributed by atoms with E-state index in [1.165, 1.54) is 0 Å². The van der Waals surface area contributed by atoms with Gasteiger partial charge in [-0.15, -0.1) is 0 Å². The molecule has 0 aliphatic rings. The van der Waals surface area contributed by atoms with Crippen LogP contribution in [0.2, 0.25) is 0 Å². The van der Waals surface area contributed by atoms with Gasteiger partial charge in [0.05, 0.1) is 11.6 Å². The highest BCUT2D eigenvalue weighted by Gasteiger charge is 2.07. The van der Waals surface area contributed by atoms with Crippen LogP contribution in [0.15, 0.2) is 22.7 Å². The highest BCUT2D eigenvalue weighted by atomic mass is 79.9. The van der Waals surface area contributed by atoms with Gasteiger partial charge in [-0.25, -0.2) is 0 Å². The Kier molecular flexibility index (Phi) is 6.50. The SMILES string of the molecule is COc1cccc(CNCC(OC)OC)c1Br. The number of halogens is 1. The van der Waals surface area contributed by atoms with E-state index in [2.05, 4.69) is 21.2 Å². The van der Waals surface area contributed by atoms with Crippen molar-refractivity contribution in [2.45, 2.75) is 12.8 Å². The Morgan fingerprint density at radius 1 is 1.24 bits per heavy atom. The Balaban J connectivity index is 2.52. The highest BCUT2D eigenvalue weighted by Crippen LogP contribution is 2.28. The number of rotatable bonds is 7. The largest absolute Gasteiger partial charge is 0.496 e. The predicted molar refractivity (Wildman–Crippen MR) is 70.2 cm³/mol. The van der Waals surface area contributed by atoms with Crippen molar-refractivity contribution in [2.75, 3.05) is 27.9 Å². The van der Waals surface area contributed by atoms with Gasteiger partial charge in [-0.2, -0.15) is 0 Å². The van der Waals surface area contributed by atoms with Gasteiger partial charge in [-0.1, -0.05) is 12.1 Å². The van der Waals surface area contributed by atoms with Crippen LogP contribution >= 0.6 is 15.9 Å². The Morgan fingerprint density at radius 2 is 1.94 bits per heavy atom. The van der Waals surface area contributed by atoms with E-state index in [0.717, 1.165) is 22.3 Å². The molecule has 1 aromatic rings. The second-order valence-electron chi connectivity index (χ2n) is 3.47. The Bertz CT molecular complexity index is 343. The first-order chi connectivity index (χ1) is 8.22. The zero-order chi connectivity index (χ0) is 12.7. The molecule has 0 fully saturated rings. The highest BCUT2D eigenvalue weighted by molar-refractivity contribution is 9.10. The van der Waals surface area contributed by atoms with Crippen molar-refractivity contribution >= 4 is 15.9 Å². The summed E-state index contributed by atoms with van der Waals surface area (Å²) in [5, 5.41) is 3.26. The lowest BCUT2D eigenvalue weighted by atomic mass is 10.2. The van der Waals surface area contributed by atoms with E-state index in [4.69, 9.17) is 14.2 Å². The minimum absolute atomic E-state index is 0.223. The molecule has 0 amide bonds. The van der Waals surface area contributed by atoms with Crippen molar-refractivity contribution in [1.82, 2.24) is 5.32 Å². The molecule has 0 aliphatic carbocycles. The van der Waals surface area contributed by atoms with E-state index in [-0.39, 0.29) is 6.29 Å². The van der Waals surface area contributed by atoms with Crippen LogP contribution in [-0.4, -0.2) is 34.2 Å². The molecule has 17 heavy (non-hydrogen) atoms. The van der Waals surface area contributed by atoms with Crippen molar-refractivity contribution in [3.8, 4) is 5.75 Å². The summed E-state index contributed by atoms with van der Waals surface area (Å²) in [7, 11) is 4.90. The maximum absolute atomic E-state index is 5.23. The molecule has 0 bridgehead atoms. The first kappa shape index (κ1) is 14.4. The molecule has 96 valence electrons. The van der Waals surface area contributed by atoms with Gasteiger partial charge in [0.25, 0.3) is 0 Å². The number of ether oxygens (including phenoxy) is 3. The Morgan fingerprint density at radius 3 is 2.53 bits per heavy atom. The van der Waals surface area contributed by atoms with Gasteiger partial charge >= 0.3 is 0 Å². The van der Waals surface area contributed by atoms with Gasteiger partial charge in [0, 0.05) is 27.3 Å². The number of methoxy groups -OCH3 is 3. The molecule has 1 rings (SSSR count). The van der Waals surface area contributed by atoms with E-state index in [0.29, 0.717) is 6.54 Å². The Labute approximate surface area is 110 Å². The van der Waals surface area contributed by atoms with Gasteiger partial charge in [0.1, 0.15) is 5.75 Å². The fourth-order valence-electron chi connectivity index (χ4n) is 1.44. The molecule has 0 aromatic heterocycles. The first-order valence-corrected chi connectivity index (χ1v) is 6.10. The van der Waals surface area contributed by atoms with Gasteiger partial charge in [0.15, 0.2) is 6.29 Å². The van der Waals surface area contributed by atoms with E-state index >= 15 is 0 Å². The van der Waals surface area contributed by atoms with E-state index < -0.39 is 0 Å². The van der Waals surface area contributed by atoms with E-state index in [1.807, 2.05) is 18.2 Å². The summed E-state index contributed by atoms with van der Waals surface area (Å²) in [5.74, 6) is 0.833. The zero-order valence-corrected chi connectivity index (χ0v) is 11.9. The number of nitrogens with one attached hydrogen (secondary N) is 1. The minimum atomic E-state index is -0.223. The van der Waals surface area contributed by atoms with Crippen molar-refractivity contribution < 1.29 is 14.2 Å². The number of hydrogen-bond acceptors (Lipinski definition) is 4. The van der Waals surface area contributed by atoms with Crippen LogP contribution in [0.1, 0.15) is 5.56 Å². The Hall–Kier alpha value is -0.620. The molecule has 0 radical (unpaired) electrons. The van der Waals surface area contributed by atoms with Crippen LogP contribution in [0.25, 0.3) is 0 Å². The normalized spacial score (nSPS) is 10.9. The fourth-order valence-corrected chi connectivity index (χ4v) is 2.00. The minimum Gasteiger partial charge on any atom is -0.496 e. The van der Waals surface area contributed by atoms with Crippen LogP contribution in [0.3, 0.4) is 0 Å². The topological polar surface area (TPSA) is 39.7 Å². The lowest BCUT2D eigenvalue weighted by molar-refractivity contribution is -0.0989. The predicted octanol–water partition coefficient (Wildman–Crippen LogP) is 2.17. The molecule has 1 N–H and O–H groups in total. The molecule has 0 atom stereocenters. The number of hydrogen-bond donors (Lipinski definition) is 1. The third kappa shape index (κ3) is 4.27. The maximum atomic E-state index is 5.23. The van der Waals surface area contributed by atoms with Gasteiger partial charge < -0.3 is 19.5 Å². The van der Waals surface area contributed by atoms with E-state index in [1.54, 1.807) is 21.3 Å². The molecule has 0 spiro atoms. The van der Waals surface area contributed by atoms with Crippen LogP contribution in [-0.2, 0) is 16.0 Å². The van der Waals surface area contributed by atoms with Gasteiger partial charge in [-0.05, 0) is 27.6 Å². The second kappa shape index (κ2) is 7.66. The zero-order valence-electron chi connectivity index (χ0n) is 10.3. The lowest BCUT2D eigenvalue weighted by Crippen LogP contribution is -2.29. The second-order valence-corrected chi connectivity index (χ2v) is 4.26. The third-order valence-electron chi connectivity index (χ3n) is 2.42. The van der Waals surface area contributed by atoms with Crippen LogP contribution in [0.5, 0.6) is 5.75 Å². The van der Waals surface area contributed by atoms with Crippen LogP contribution < -0.4 is 10.1 Å². The molecule has 0 heterocycles. The lowest BCUT2D eigenvalue weighted by Gasteiger charge is -2.15. The summed E-state index contributed by atoms with van der Waals surface area (Å²) >= 11 is 3.52. The smallest absolute Gasteiger partial charge is 0.169 e. The number of benzene rings is 1. The van der Waals surface area contributed by atoms with Crippen molar-refractivity contribution in [1.29, 1.82) is 0 Å². The summed E-state index contributed by atoms with van der Waals surface area (Å²) in [6, 6.07) is 5.92. The molecule has 5 heteroatoms. The molecule has 0 unspecified atom stereocenters. The third-order valence-corrected chi connectivity index (χ3v) is 3.32. The molecular weight excluding hydrogens is 286 g/mol. The molecule has 4 nitrogen and oxygen atoms in total. The average molecular weight is 304 g/mol. The quantitative estimate of drug-likeness (QED) is 0.784. The standard InChI is InChI=1S/C12H18BrNO3/c1-15-10-6-4-5-9(12(10)13)7-14-8-11(16-2)17-3/h4-6,11,14H,7-8H2,1-3H3. The molecule has 0 saturated carbocycles. The van der Waals surface area contributed by atoms with Gasteiger partial charge in [-0.3, -0.25) is 0 Å². The average Bonchev–Trinajstić information content (AvgIpc) is 2.36. The molecule has 0 aliphatic heterocycles. The molecule has 1 aromatic carbocycles. The summed E-state index contributed by atoms with van der Waals surface area (Å²) in [6.07, 6.45) is -0.223. The van der Waals surface area contributed by atoms with E-state index in [9.17, 15) is 0 Å². The molecular formula is C12H18BrNO3. The van der Waals surface area contributed by atoms with Gasteiger partial charge in [0.2, 0.25) is 0 Å². The van der Waals surface area contributed by atoms with Crippen molar-refractivity contribution in [3.63, 3.8) is 0 Å². The summed E-state index contributed by atoms with van der Waals surface area (Å²) in [4.78, 5) is 0. The molecule has 0 saturated heterocycles. The van der Waals surface area contributed by atoms with Crippen LogP contribution in [0.4, 0.5) is 0 Å². The maximum Gasteiger partial charge on any atom is 0.169 e. The summed E-state index contributed by atoms with van der Waals surface area (Å²) in [5.41, 5.74) is 1.13. The summed E-state index contributed by atoms with van der Waals surface area (Å²) < 4.78 is 16.4. The monoisotopic (exact) mass is 303 g/mol. The first-order valence-electron chi connectivity index (χ1n) is 5.30. The van der Waals surface area contributed by atoms with Crippen molar-refractivity contribution in [3.05, 3.63) is 28.2 Å². The fraction of sp³-hybridized carbons (Fsp3) is 0.500. The van der Waals surface area contributed by atoms with Crippen molar-refractivity contribution in [2.24, 2.45) is 0 Å². The summed E-state index contributed by atoms with van der Waals surface area (Å²) in [6.45, 7) is 1.36. The van der Waals surface area contributed by atoms with Crippen LogP contribution in [0, 0.1) is 0 Å².